The summed E-state index contributed by atoms with van der Waals surface area (Å²) in [6, 6.07) is 0. The molecule has 4 aliphatic carbocycles. The number of hydrogen-bond donors (Lipinski definition) is 1. The van der Waals surface area contributed by atoms with Gasteiger partial charge in [0.05, 0.1) is 6.10 Å². The van der Waals surface area contributed by atoms with E-state index in [2.05, 4.69) is 57.3 Å². The van der Waals surface area contributed by atoms with E-state index in [9.17, 15) is 4.79 Å². The summed E-state index contributed by atoms with van der Waals surface area (Å²) in [5.41, 5.74) is 2.95. The van der Waals surface area contributed by atoms with Crippen LogP contribution < -0.4 is 5.32 Å². The van der Waals surface area contributed by atoms with Gasteiger partial charge in [0.2, 0.25) is 0 Å². The van der Waals surface area contributed by atoms with Crippen molar-refractivity contribution < 1.29 is 9.53 Å². The zero-order chi connectivity index (χ0) is 25.4. The molecule has 3 unspecified atom stereocenters. The molecular weight excluding hydrogens is 442 g/mol. The Balaban J connectivity index is 1.40. The Kier molecular flexibility index (Phi) is 7.42. The first-order valence-corrected chi connectivity index (χ1v) is 15.0. The first kappa shape index (κ1) is 26.0. The molecule has 5 aliphatic rings. The van der Waals surface area contributed by atoms with Gasteiger partial charge in [-0.15, -0.1) is 0 Å². The number of ether oxygens (including phenoxy) is 1. The lowest BCUT2D eigenvalue weighted by atomic mass is 9.43. The Bertz CT molecular complexity index is 945. The molecule has 0 saturated heterocycles. The second kappa shape index (κ2) is 10.3. The lowest BCUT2D eigenvalue weighted by molar-refractivity contribution is -0.118. The lowest BCUT2D eigenvalue weighted by Crippen LogP contribution is -2.55. The largest absolute Gasteiger partial charge is 0.378 e. The van der Waals surface area contributed by atoms with Crippen LogP contribution >= 0.6 is 0 Å². The zero-order valence-electron chi connectivity index (χ0n) is 23.2. The second-order valence-corrected chi connectivity index (χ2v) is 13.1. The molecule has 3 nitrogen and oxygen atoms in total. The molecule has 5 rings (SSSR count). The number of rotatable bonds is 8. The Labute approximate surface area is 219 Å². The molecular formula is C33H49NO2. The third kappa shape index (κ3) is 4.08. The van der Waals surface area contributed by atoms with Gasteiger partial charge in [0, 0.05) is 29.8 Å². The Hall–Kier alpha value is -1.61. The maximum atomic E-state index is 12.4. The standard InChI is InChI=1S/C33H49NO2/c1-5-6-7-11-22-36-30-16-14-26-25-13-15-28-31(2,27(25)18-20-32(26,30)3)19-17-24(23-35)33(28,4)29-12-9-8-10-21-34-29/h8-10,12,15,21,23-27,30,34H,5-7,11,13-14,16-20,22H2,1-4H3/t24?,25-,26-,27-,30?,31+,32-,33?/m0/s1. The maximum absolute atomic E-state index is 12.4. The van der Waals surface area contributed by atoms with Crippen LogP contribution in [-0.4, -0.2) is 19.0 Å². The van der Waals surface area contributed by atoms with E-state index in [1.807, 2.05) is 12.3 Å². The van der Waals surface area contributed by atoms with Gasteiger partial charge in [-0.1, -0.05) is 63.8 Å². The summed E-state index contributed by atoms with van der Waals surface area (Å²) in [7, 11) is 0. The van der Waals surface area contributed by atoms with Gasteiger partial charge in [0.1, 0.15) is 6.29 Å². The molecule has 8 atom stereocenters. The number of allylic oxidation sites excluding steroid dienone is 6. The highest BCUT2D eigenvalue weighted by atomic mass is 16.5. The molecule has 1 N–H and O–H groups in total. The number of hydrogen-bond acceptors (Lipinski definition) is 3. The molecule has 0 aromatic heterocycles. The third-order valence-electron chi connectivity index (χ3n) is 11.5. The van der Waals surface area contributed by atoms with Crippen molar-refractivity contribution in [3.05, 3.63) is 47.9 Å². The van der Waals surface area contributed by atoms with Crippen molar-refractivity contribution in [3.8, 4) is 0 Å². The minimum Gasteiger partial charge on any atom is -0.378 e. The average Bonchev–Trinajstić information content (AvgIpc) is 3.02. The van der Waals surface area contributed by atoms with E-state index >= 15 is 0 Å². The summed E-state index contributed by atoms with van der Waals surface area (Å²) in [5.74, 6) is 2.25. The molecule has 3 saturated carbocycles. The van der Waals surface area contributed by atoms with Gasteiger partial charge in [-0.3, -0.25) is 0 Å². The lowest BCUT2D eigenvalue weighted by Gasteiger charge is -2.61. The van der Waals surface area contributed by atoms with Crippen LogP contribution in [0.3, 0.4) is 0 Å². The van der Waals surface area contributed by atoms with Gasteiger partial charge in [-0.25, -0.2) is 0 Å². The topological polar surface area (TPSA) is 38.3 Å². The molecule has 0 aromatic carbocycles. The fraction of sp³-hybridized carbons (Fsp3) is 0.727. The van der Waals surface area contributed by atoms with Crippen molar-refractivity contribution >= 4 is 6.29 Å². The maximum Gasteiger partial charge on any atom is 0.124 e. The van der Waals surface area contributed by atoms with E-state index in [0.717, 1.165) is 31.3 Å². The van der Waals surface area contributed by atoms with Crippen LogP contribution in [0.4, 0.5) is 0 Å². The summed E-state index contributed by atoms with van der Waals surface area (Å²) in [6.45, 7) is 10.7. The molecule has 1 heterocycles. The monoisotopic (exact) mass is 491 g/mol. The Morgan fingerprint density at radius 3 is 2.67 bits per heavy atom. The molecule has 0 radical (unpaired) electrons. The van der Waals surface area contributed by atoms with E-state index in [-0.39, 0.29) is 16.7 Å². The van der Waals surface area contributed by atoms with Gasteiger partial charge in [-0.2, -0.15) is 0 Å². The third-order valence-corrected chi connectivity index (χ3v) is 11.5. The van der Waals surface area contributed by atoms with Crippen molar-refractivity contribution in [3.63, 3.8) is 0 Å². The van der Waals surface area contributed by atoms with E-state index in [1.54, 1.807) is 0 Å². The molecule has 0 spiro atoms. The molecule has 0 aromatic rings. The second-order valence-electron chi connectivity index (χ2n) is 13.1. The summed E-state index contributed by atoms with van der Waals surface area (Å²) < 4.78 is 6.60. The molecule has 198 valence electrons. The zero-order valence-corrected chi connectivity index (χ0v) is 23.2. The van der Waals surface area contributed by atoms with Crippen molar-refractivity contribution in [1.82, 2.24) is 5.32 Å². The van der Waals surface area contributed by atoms with Crippen LogP contribution in [0.2, 0.25) is 0 Å². The normalized spacial score (nSPS) is 43.4. The van der Waals surface area contributed by atoms with Crippen LogP contribution in [0, 0.1) is 39.9 Å². The highest BCUT2D eigenvalue weighted by Crippen LogP contribution is 2.68. The van der Waals surface area contributed by atoms with Crippen LogP contribution in [0.5, 0.6) is 0 Å². The van der Waals surface area contributed by atoms with Crippen molar-refractivity contribution in [2.75, 3.05) is 6.61 Å². The van der Waals surface area contributed by atoms with Crippen molar-refractivity contribution in [1.29, 1.82) is 0 Å². The number of nitrogens with one attached hydrogen (secondary N) is 1. The smallest absolute Gasteiger partial charge is 0.124 e. The van der Waals surface area contributed by atoms with E-state index < -0.39 is 0 Å². The first-order valence-electron chi connectivity index (χ1n) is 15.0. The molecule has 0 bridgehead atoms. The van der Waals surface area contributed by atoms with E-state index in [0.29, 0.717) is 17.4 Å². The molecule has 0 amide bonds. The van der Waals surface area contributed by atoms with Gasteiger partial charge < -0.3 is 14.8 Å². The van der Waals surface area contributed by atoms with Gasteiger partial charge in [0.25, 0.3) is 0 Å². The molecule has 36 heavy (non-hydrogen) atoms. The highest BCUT2D eigenvalue weighted by molar-refractivity contribution is 5.61. The quantitative estimate of drug-likeness (QED) is 0.213. The van der Waals surface area contributed by atoms with Gasteiger partial charge in [-0.05, 0) is 99.0 Å². The van der Waals surface area contributed by atoms with E-state index in [4.69, 9.17) is 4.74 Å². The van der Waals surface area contributed by atoms with E-state index in [1.165, 1.54) is 75.3 Å². The van der Waals surface area contributed by atoms with Crippen LogP contribution in [0.25, 0.3) is 0 Å². The molecule has 1 aliphatic heterocycles. The predicted octanol–water partition coefficient (Wildman–Crippen LogP) is 7.90. The Morgan fingerprint density at radius 2 is 1.86 bits per heavy atom. The summed E-state index contributed by atoms with van der Waals surface area (Å²) in [6.07, 6.45) is 28.3. The van der Waals surface area contributed by atoms with Crippen LogP contribution in [-0.2, 0) is 9.53 Å². The fourth-order valence-corrected chi connectivity index (χ4v) is 9.47. The fourth-order valence-electron chi connectivity index (χ4n) is 9.47. The number of aldehydes is 1. The van der Waals surface area contributed by atoms with Crippen LogP contribution in [0.15, 0.2) is 47.9 Å². The highest BCUT2D eigenvalue weighted by Gasteiger charge is 2.62. The van der Waals surface area contributed by atoms with Crippen molar-refractivity contribution in [2.24, 2.45) is 39.9 Å². The molecule has 3 fully saturated rings. The van der Waals surface area contributed by atoms with Gasteiger partial charge >= 0.3 is 0 Å². The summed E-state index contributed by atoms with van der Waals surface area (Å²) in [5, 5.41) is 3.56. The number of unbranched alkanes of at least 4 members (excludes halogenated alkanes) is 3. The first-order chi connectivity index (χ1) is 17.4. The SMILES string of the molecule is CCCCCCOC1CC[C@H]2[C@@H]3CC=C4C(C)(C5=CC=CC=CN5)C(C=O)CC[C@]4(C)[C@H]3CC[C@]12C. The minimum atomic E-state index is -0.265. The number of carbonyl (C=O) groups excluding carboxylic acids is 1. The average molecular weight is 492 g/mol. The predicted molar refractivity (Wildman–Crippen MR) is 148 cm³/mol. The van der Waals surface area contributed by atoms with Crippen LogP contribution in [0.1, 0.15) is 98.3 Å². The van der Waals surface area contributed by atoms with Crippen molar-refractivity contribution in [2.45, 2.75) is 104 Å². The van der Waals surface area contributed by atoms with Gasteiger partial charge in [0.15, 0.2) is 0 Å². The molecule has 3 heteroatoms. The Morgan fingerprint density at radius 1 is 1.00 bits per heavy atom. The summed E-state index contributed by atoms with van der Waals surface area (Å²) in [4.78, 5) is 12.4. The summed E-state index contributed by atoms with van der Waals surface area (Å²) >= 11 is 0. The minimum absolute atomic E-state index is 0.0258. The number of fused-ring (bicyclic) bond motifs is 5. The number of carbonyl (C=O) groups is 1.